The maximum atomic E-state index is 11.0. The van der Waals surface area contributed by atoms with Crippen LogP contribution in [0.15, 0.2) is 6.07 Å². The average molecular weight is 283 g/mol. The smallest absolute Gasteiger partial charge is 0.305 e. The molecule has 0 bridgehead atoms. The molecule has 7 nitrogen and oxygen atoms in total. The minimum atomic E-state index is -0.882. The van der Waals surface area contributed by atoms with Gasteiger partial charge in [0.25, 0.3) is 0 Å². The Morgan fingerprint density at radius 1 is 1.30 bits per heavy atom. The van der Waals surface area contributed by atoms with E-state index in [2.05, 4.69) is 15.3 Å². The van der Waals surface area contributed by atoms with Crippen molar-refractivity contribution in [1.29, 1.82) is 0 Å². The first-order chi connectivity index (χ1) is 9.26. The Balaban J connectivity index is 3.01. The Hall–Kier alpha value is -2.05. The highest BCUT2D eigenvalue weighted by Crippen LogP contribution is 2.26. The molecule has 20 heavy (non-hydrogen) atoms. The fraction of sp³-hybridized carbons (Fsp3) is 0.615. The third kappa shape index (κ3) is 4.56. The Bertz CT molecular complexity index is 449. The molecular formula is C13H21N3O4. The summed E-state index contributed by atoms with van der Waals surface area (Å²) < 4.78 is 10.1. The molecule has 1 heterocycles. The van der Waals surface area contributed by atoms with Crippen molar-refractivity contribution < 1.29 is 19.4 Å². The van der Waals surface area contributed by atoms with Gasteiger partial charge < -0.3 is 19.9 Å². The lowest BCUT2D eigenvalue weighted by atomic mass is 9.85. The molecule has 1 unspecified atom stereocenters. The molecule has 1 atom stereocenters. The molecule has 1 aromatic rings. The van der Waals surface area contributed by atoms with Gasteiger partial charge in [0.05, 0.1) is 26.7 Å². The molecule has 0 radical (unpaired) electrons. The largest absolute Gasteiger partial charge is 0.481 e. The Labute approximate surface area is 118 Å². The number of carboxylic acid groups (broad SMARTS) is 1. The number of nitrogens with one attached hydrogen (secondary N) is 1. The highest BCUT2D eigenvalue weighted by atomic mass is 16.5. The third-order valence-corrected chi connectivity index (χ3v) is 2.82. The topological polar surface area (TPSA) is 93.6 Å². The molecular weight excluding hydrogens is 262 g/mol. The number of carbonyl (C=O) groups is 1. The summed E-state index contributed by atoms with van der Waals surface area (Å²) in [5.74, 6) is 0.0966. The summed E-state index contributed by atoms with van der Waals surface area (Å²) in [6.45, 7) is 5.85. The summed E-state index contributed by atoms with van der Waals surface area (Å²) >= 11 is 0. The molecule has 1 aromatic heterocycles. The van der Waals surface area contributed by atoms with Gasteiger partial charge >= 0.3 is 5.97 Å². The first-order valence-electron chi connectivity index (χ1n) is 6.21. The van der Waals surface area contributed by atoms with Gasteiger partial charge in [-0.05, 0) is 5.41 Å². The van der Waals surface area contributed by atoms with E-state index in [1.165, 1.54) is 14.2 Å². The summed E-state index contributed by atoms with van der Waals surface area (Å²) in [4.78, 5) is 19.2. The lowest BCUT2D eigenvalue weighted by molar-refractivity contribution is -0.137. The van der Waals surface area contributed by atoms with Crippen LogP contribution in [0.1, 0.15) is 27.2 Å². The summed E-state index contributed by atoms with van der Waals surface area (Å²) in [5, 5.41) is 12.0. The van der Waals surface area contributed by atoms with Gasteiger partial charge in [-0.25, -0.2) is 0 Å². The number of nitrogens with zero attached hydrogens (tertiary/aromatic N) is 2. The first kappa shape index (κ1) is 16.0. The molecule has 0 amide bonds. The van der Waals surface area contributed by atoms with E-state index < -0.39 is 5.97 Å². The van der Waals surface area contributed by atoms with E-state index in [0.717, 1.165) is 0 Å². The summed E-state index contributed by atoms with van der Waals surface area (Å²) in [6, 6.07) is 1.23. The van der Waals surface area contributed by atoms with Crippen LogP contribution in [0.5, 0.6) is 11.8 Å². The van der Waals surface area contributed by atoms with Crippen molar-refractivity contribution in [3.05, 3.63) is 6.07 Å². The van der Waals surface area contributed by atoms with Gasteiger partial charge in [0.1, 0.15) is 0 Å². The molecule has 0 aliphatic rings. The second-order valence-corrected chi connectivity index (χ2v) is 5.44. The van der Waals surface area contributed by atoms with Gasteiger partial charge in [0.2, 0.25) is 17.7 Å². The third-order valence-electron chi connectivity index (χ3n) is 2.82. The zero-order chi connectivity index (χ0) is 15.3. The van der Waals surface area contributed by atoms with Crippen LogP contribution >= 0.6 is 0 Å². The zero-order valence-corrected chi connectivity index (χ0v) is 12.4. The monoisotopic (exact) mass is 283 g/mol. The summed E-state index contributed by atoms with van der Waals surface area (Å²) in [6.07, 6.45) is -0.0353. The van der Waals surface area contributed by atoms with Crippen molar-refractivity contribution >= 4 is 11.9 Å². The van der Waals surface area contributed by atoms with E-state index in [1.54, 1.807) is 6.07 Å². The summed E-state index contributed by atoms with van der Waals surface area (Å²) in [7, 11) is 2.98. The number of carboxylic acids is 1. The molecule has 7 heteroatoms. The molecule has 0 aromatic carbocycles. The van der Waals surface area contributed by atoms with Crippen molar-refractivity contribution in [1.82, 2.24) is 9.97 Å². The van der Waals surface area contributed by atoms with Gasteiger partial charge in [-0.2, -0.15) is 9.97 Å². The summed E-state index contributed by atoms with van der Waals surface area (Å²) in [5.41, 5.74) is -0.266. The van der Waals surface area contributed by atoms with Crippen LogP contribution in [-0.2, 0) is 4.79 Å². The lowest BCUT2D eigenvalue weighted by Crippen LogP contribution is -2.36. The molecule has 112 valence electrons. The molecule has 0 fully saturated rings. The normalized spacial score (nSPS) is 12.7. The van der Waals surface area contributed by atoms with Crippen molar-refractivity contribution in [3.63, 3.8) is 0 Å². The van der Waals surface area contributed by atoms with Crippen LogP contribution in [0, 0.1) is 5.41 Å². The number of rotatable bonds is 6. The molecule has 0 aliphatic heterocycles. The van der Waals surface area contributed by atoms with Crippen LogP contribution in [0.2, 0.25) is 0 Å². The van der Waals surface area contributed by atoms with Crippen LogP contribution < -0.4 is 14.8 Å². The molecule has 0 aliphatic carbocycles. The molecule has 0 saturated carbocycles. The number of anilines is 1. The van der Waals surface area contributed by atoms with Crippen molar-refractivity contribution in [2.24, 2.45) is 5.41 Å². The Kier molecular flexibility index (Phi) is 5.12. The van der Waals surface area contributed by atoms with Crippen molar-refractivity contribution in [2.75, 3.05) is 19.5 Å². The van der Waals surface area contributed by atoms with Gasteiger partial charge in [0.15, 0.2) is 0 Å². The van der Waals surface area contributed by atoms with E-state index in [-0.39, 0.29) is 23.8 Å². The molecule has 2 N–H and O–H groups in total. The van der Waals surface area contributed by atoms with Crippen molar-refractivity contribution in [2.45, 2.75) is 33.2 Å². The average Bonchev–Trinajstić information content (AvgIpc) is 2.35. The Morgan fingerprint density at radius 2 is 1.80 bits per heavy atom. The number of aromatic nitrogens is 2. The highest BCUT2D eigenvalue weighted by molar-refractivity contribution is 5.68. The standard InChI is InChI=1S/C13H21N3O4/c1-13(2,3)8(6-11(17)18)14-12-15-9(19-4)7-10(16-12)20-5/h7-8H,6H2,1-5H3,(H,17,18)(H,14,15,16). The van der Waals surface area contributed by atoms with E-state index in [0.29, 0.717) is 11.8 Å². The van der Waals surface area contributed by atoms with E-state index in [4.69, 9.17) is 14.6 Å². The molecule has 0 spiro atoms. The van der Waals surface area contributed by atoms with Crippen LogP contribution in [0.3, 0.4) is 0 Å². The lowest BCUT2D eigenvalue weighted by Gasteiger charge is -2.30. The number of hydrogen-bond donors (Lipinski definition) is 2. The van der Waals surface area contributed by atoms with Gasteiger partial charge in [-0.3, -0.25) is 4.79 Å². The first-order valence-corrected chi connectivity index (χ1v) is 6.21. The molecule has 0 saturated heterocycles. The van der Waals surface area contributed by atoms with Crippen LogP contribution in [0.25, 0.3) is 0 Å². The number of aliphatic carboxylic acids is 1. The van der Waals surface area contributed by atoms with Gasteiger partial charge in [-0.15, -0.1) is 0 Å². The maximum absolute atomic E-state index is 11.0. The highest BCUT2D eigenvalue weighted by Gasteiger charge is 2.28. The van der Waals surface area contributed by atoms with Gasteiger partial charge in [0, 0.05) is 6.04 Å². The fourth-order valence-corrected chi connectivity index (χ4v) is 1.58. The quantitative estimate of drug-likeness (QED) is 0.822. The maximum Gasteiger partial charge on any atom is 0.305 e. The minimum absolute atomic E-state index is 0.0353. The predicted octanol–water partition coefficient (Wildman–Crippen LogP) is 1.80. The molecule has 1 rings (SSSR count). The van der Waals surface area contributed by atoms with E-state index in [9.17, 15) is 4.79 Å². The Morgan fingerprint density at radius 3 is 2.15 bits per heavy atom. The van der Waals surface area contributed by atoms with Crippen molar-refractivity contribution in [3.8, 4) is 11.8 Å². The van der Waals surface area contributed by atoms with Gasteiger partial charge in [-0.1, -0.05) is 20.8 Å². The van der Waals surface area contributed by atoms with Crippen LogP contribution in [-0.4, -0.2) is 41.3 Å². The zero-order valence-electron chi connectivity index (χ0n) is 12.4. The van der Waals surface area contributed by atoms with E-state index in [1.807, 2.05) is 20.8 Å². The number of methoxy groups -OCH3 is 2. The predicted molar refractivity (Wildman–Crippen MR) is 74.3 cm³/mol. The number of hydrogen-bond acceptors (Lipinski definition) is 6. The number of ether oxygens (including phenoxy) is 2. The fourth-order valence-electron chi connectivity index (χ4n) is 1.58. The SMILES string of the molecule is COc1cc(OC)nc(NC(CC(=O)O)C(C)(C)C)n1. The second-order valence-electron chi connectivity index (χ2n) is 5.44. The minimum Gasteiger partial charge on any atom is -0.481 e. The van der Waals surface area contributed by atoms with Crippen LogP contribution in [0.4, 0.5) is 5.95 Å². The van der Waals surface area contributed by atoms with E-state index >= 15 is 0 Å². The second kappa shape index (κ2) is 6.40.